The molecular formula is C29H41N5O5S2. The zero-order valence-corrected chi connectivity index (χ0v) is 25.9. The summed E-state index contributed by atoms with van der Waals surface area (Å²) in [7, 11) is 3.41. The summed E-state index contributed by atoms with van der Waals surface area (Å²) in [6, 6.07) is 7.71. The van der Waals surface area contributed by atoms with Crippen molar-refractivity contribution in [2.24, 2.45) is 0 Å². The molecule has 3 N–H and O–H groups in total. The second-order valence-electron chi connectivity index (χ2n) is 10.5. The molecule has 3 aromatic rings. The summed E-state index contributed by atoms with van der Waals surface area (Å²) in [5.41, 5.74) is 1.12. The van der Waals surface area contributed by atoms with E-state index in [1.165, 1.54) is 0 Å². The molecule has 0 bridgehead atoms. The van der Waals surface area contributed by atoms with Gasteiger partial charge in [0, 0.05) is 48.8 Å². The third-order valence-electron chi connectivity index (χ3n) is 6.13. The largest absolute Gasteiger partial charge is 0.389 e. The van der Waals surface area contributed by atoms with Gasteiger partial charge < -0.3 is 29.8 Å². The van der Waals surface area contributed by atoms with Gasteiger partial charge in [-0.2, -0.15) is 0 Å². The van der Waals surface area contributed by atoms with Gasteiger partial charge in [0.15, 0.2) is 5.82 Å². The predicted octanol–water partition coefficient (Wildman–Crippen LogP) is 4.87. The molecule has 2 amide bonds. The van der Waals surface area contributed by atoms with Gasteiger partial charge in [0.25, 0.3) is 0 Å². The number of hydrogen-bond acceptors (Lipinski definition) is 9. The van der Waals surface area contributed by atoms with Crippen LogP contribution in [0.2, 0.25) is 0 Å². The first-order valence-electron chi connectivity index (χ1n) is 14.0. The van der Waals surface area contributed by atoms with Crippen LogP contribution < -0.4 is 10.6 Å². The molecule has 41 heavy (non-hydrogen) atoms. The molecule has 1 unspecified atom stereocenters. The van der Waals surface area contributed by atoms with E-state index in [1.807, 2.05) is 35.8 Å². The first-order chi connectivity index (χ1) is 19.6. The number of imidazole rings is 1. The molecule has 3 rings (SSSR count). The topological polar surface area (TPSA) is 135 Å². The van der Waals surface area contributed by atoms with E-state index in [0.29, 0.717) is 67.8 Å². The van der Waals surface area contributed by atoms with Crippen LogP contribution in [0.5, 0.6) is 0 Å². The first-order valence-corrected chi connectivity index (χ1v) is 16.4. The van der Waals surface area contributed by atoms with E-state index in [1.54, 1.807) is 35.4 Å². The Labute approximate surface area is 249 Å². The van der Waals surface area contributed by atoms with E-state index in [2.05, 4.69) is 17.6 Å². The molecule has 0 saturated carbocycles. The van der Waals surface area contributed by atoms with Gasteiger partial charge >= 0.3 is 0 Å². The highest BCUT2D eigenvalue weighted by Gasteiger charge is 2.23. The van der Waals surface area contributed by atoms with Gasteiger partial charge in [-0.3, -0.25) is 9.59 Å². The third kappa shape index (κ3) is 10.3. The van der Waals surface area contributed by atoms with Crippen LogP contribution in [0.25, 0.3) is 21.9 Å². The van der Waals surface area contributed by atoms with Crippen LogP contribution in [0.4, 0.5) is 5.82 Å². The Kier molecular flexibility index (Phi) is 12.9. The lowest BCUT2D eigenvalue weighted by Crippen LogP contribution is -2.27. The van der Waals surface area contributed by atoms with E-state index >= 15 is 0 Å². The van der Waals surface area contributed by atoms with Crippen LogP contribution in [0.15, 0.2) is 24.3 Å². The third-order valence-corrected chi connectivity index (χ3v) is 9.18. The maximum Gasteiger partial charge on any atom is 0.225 e. The normalized spacial score (nSPS) is 12.5. The minimum atomic E-state index is -0.987. The Balaban J connectivity index is 1.62. The van der Waals surface area contributed by atoms with E-state index in [4.69, 9.17) is 14.7 Å². The molecule has 0 saturated heterocycles. The van der Waals surface area contributed by atoms with Gasteiger partial charge in [0.05, 0.1) is 23.2 Å². The number of pyridine rings is 1. The minimum absolute atomic E-state index is 0.0349. The predicted molar refractivity (Wildman–Crippen MR) is 167 cm³/mol. The highest BCUT2D eigenvalue weighted by molar-refractivity contribution is 8.76. The van der Waals surface area contributed by atoms with Gasteiger partial charge in [-0.1, -0.05) is 46.7 Å². The summed E-state index contributed by atoms with van der Waals surface area (Å²) in [6.07, 6.45) is 3.35. The number of hydrogen-bond donors (Lipinski definition) is 3. The van der Waals surface area contributed by atoms with E-state index in [-0.39, 0.29) is 18.4 Å². The number of nitrogens with one attached hydrogen (secondary N) is 2. The lowest BCUT2D eigenvalue weighted by molar-refractivity contribution is -0.121. The van der Waals surface area contributed by atoms with Gasteiger partial charge in [0.2, 0.25) is 11.8 Å². The Morgan fingerprint density at radius 1 is 1.20 bits per heavy atom. The fraction of sp³-hybridized carbons (Fsp3) is 0.552. The molecule has 0 aliphatic heterocycles. The van der Waals surface area contributed by atoms with E-state index < -0.39 is 5.60 Å². The van der Waals surface area contributed by atoms with Gasteiger partial charge in [-0.25, -0.2) is 9.97 Å². The van der Waals surface area contributed by atoms with Crippen molar-refractivity contribution in [2.75, 3.05) is 24.2 Å². The number of anilines is 1. The zero-order chi connectivity index (χ0) is 29.8. The summed E-state index contributed by atoms with van der Waals surface area (Å²) < 4.78 is 7.64. The Morgan fingerprint density at radius 3 is 2.71 bits per heavy atom. The van der Waals surface area contributed by atoms with E-state index in [9.17, 15) is 19.5 Å². The quantitative estimate of drug-likeness (QED) is 0.106. The SMILES string of the molecule is CCOCc1nc2c(NC(=O)CCCSSC(C)CCC(=O)NCCC=O)nc3ccccc3c2n1CC(C)(C)O. The number of carbonyl (C=O) groups excluding carboxylic acids is 3. The minimum Gasteiger partial charge on any atom is -0.389 e. The van der Waals surface area contributed by atoms with Crippen molar-refractivity contribution >= 4 is 67.4 Å². The Morgan fingerprint density at radius 2 is 1.98 bits per heavy atom. The molecule has 0 aliphatic carbocycles. The smallest absolute Gasteiger partial charge is 0.225 e. The average Bonchev–Trinajstić information content (AvgIpc) is 3.27. The summed E-state index contributed by atoms with van der Waals surface area (Å²) >= 11 is 0. The highest BCUT2D eigenvalue weighted by Crippen LogP contribution is 2.32. The van der Waals surface area contributed by atoms with Crippen molar-refractivity contribution in [1.29, 1.82) is 0 Å². The molecule has 1 aromatic carbocycles. The van der Waals surface area contributed by atoms with Gasteiger partial charge in [-0.15, -0.1) is 0 Å². The van der Waals surface area contributed by atoms with Crippen molar-refractivity contribution in [3.05, 3.63) is 30.1 Å². The van der Waals surface area contributed by atoms with Crippen LogP contribution >= 0.6 is 21.6 Å². The van der Waals surface area contributed by atoms with Crippen LogP contribution in [0, 0.1) is 0 Å². The number of aldehydes is 1. The molecule has 0 fully saturated rings. The second kappa shape index (κ2) is 16.1. The Bertz CT molecular complexity index is 1320. The fourth-order valence-corrected chi connectivity index (χ4v) is 6.65. The van der Waals surface area contributed by atoms with Crippen LogP contribution in [-0.4, -0.2) is 67.5 Å². The first kappa shape index (κ1) is 32.8. The number of carbonyl (C=O) groups is 3. The monoisotopic (exact) mass is 603 g/mol. The molecule has 224 valence electrons. The number of fused-ring (bicyclic) bond motifs is 3. The highest BCUT2D eigenvalue weighted by atomic mass is 33.1. The molecule has 0 spiro atoms. The molecule has 2 heterocycles. The number of aliphatic hydroxyl groups is 1. The molecule has 0 aliphatic rings. The summed E-state index contributed by atoms with van der Waals surface area (Å²) in [4.78, 5) is 44.6. The molecular weight excluding hydrogens is 562 g/mol. The number of rotatable bonds is 18. The number of para-hydroxylation sites is 1. The molecule has 10 nitrogen and oxygen atoms in total. The molecule has 1 atom stereocenters. The molecule has 12 heteroatoms. The van der Waals surface area contributed by atoms with Crippen LogP contribution in [0.1, 0.15) is 65.6 Å². The number of nitrogens with zero attached hydrogens (tertiary/aromatic N) is 3. The standard InChI is InChI=1S/C29H41N5O5S2/c1-5-39-18-23-32-26-27(34(23)19-29(3,4)38)21-10-6-7-11-22(21)31-28(26)33-25(37)12-8-17-40-41-20(2)13-14-24(36)30-15-9-16-35/h6-7,10-11,16,20,38H,5,8-9,12-15,17-19H2,1-4H3,(H,30,36)(H,31,33,37). The maximum absolute atomic E-state index is 12.9. The molecule has 0 radical (unpaired) electrons. The number of amides is 2. The van der Waals surface area contributed by atoms with Crippen molar-refractivity contribution in [3.63, 3.8) is 0 Å². The van der Waals surface area contributed by atoms with Crippen molar-refractivity contribution in [3.8, 4) is 0 Å². The Hall–Kier alpha value is -2.67. The zero-order valence-electron chi connectivity index (χ0n) is 24.3. The van der Waals surface area contributed by atoms with Crippen molar-refractivity contribution in [2.45, 2.75) is 83.8 Å². The molecule has 2 aromatic heterocycles. The fourth-order valence-electron chi connectivity index (χ4n) is 4.22. The lowest BCUT2D eigenvalue weighted by Gasteiger charge is -2.20. The average molecular weight is 604 g/mol. The second-order valence-corrected chi connectivity index (χ2v) is 13.4. The maximum atomic E-state index is 12.9. The van der Waals surface area contributed by atoms with Crippen molar-refractivity contribution < 1.29 is 24.2 Å². The summed E-state index contributed by atoms with van der Waals surface area (Å²) in [5.74, 6) is 1.69. The van der Waals surface area contributed by atoms with Crippen LogP contribution in [0.3, 0.4) is 0 Å². The number of aromatic nitrogens is 3. The van der Waals surface area contributed by atoms with E-state index in [0.717, 1.165) is 34.9 Å². The van der Waals surface area contributed by atoms with Crippen molar-refractivity contribution in [1.82, 2.24) is 19.9 Å². The summed E-state index contributed by atoms with van der Waals surface area (Å²) in [6.45, 7) is 9.01. The number of benzene rings is 1. The number of ether oxygens (including phenoxy) is 1. The lowest BCUT2D eigenvalue weighted by atomic mass is 10.1. The van der Waals surface area contributed by atoms with Gasteiger partial charge in [-0.05, 0) is 39.7 Å². The summed E-state index contributed by atoms with van der Waals surface area (Å²) in [5, 5.41) is 17.5. The van der Waals surface area contributed by atoms with Crippen LogP contribution in [-0.2, 0) is 32.3 Å². The van der Waals surface area contributed by atoms with Gasteiger partial charge in [0.1, 0.15) is 24.2 Å².